The molecule has 4 rings (SSSR count). The molecule has 146 valence electrons. The summed E-state index contributed by atoms with van der Waals surface area (Å²) in [4.78, 5) is 21.6. The van der Waals surface area contributed by atoms with Crippen molar-refractivity contribution < 1.29 is 9.90 Å². The number of piperidine rings is 2. The lowest BCUT2D eigenvalue weighted by atomic mass is 9.73. The zero-order valence-electron chi connectivity index (χ0n) is 16.2. The second-order valence-corrected chi connectivity index (χ2v) is 8.36. The number of aliphatic hydroxyl groups excluding tert-OH is 1. The first kappa shape index (κ1) is 18.4. The molecule has 1 N–H and O–H groups in total. The van der Waals surface area contributed by atoms with Crippen molar-refractivity contribution in [1.29, 1.82) is 0 Å². The van der Waals surface area contributed by atoms with E-state index in [1.165, 1.54) is 18.4 Å². The van der Waals surface area contributed by atoms with Gasteiger partial charge in [-0.25, -0.2) is 4.98 Å². The minimum atomic E-state index is 0.149. The second kappa shape index (κ2) is 7.60. The van der Waals surface area contributed by atoms with Crippen molar-refractivity contribution in [3.8, 4) is 0 Å². The molecule has 0 aliphatic carbocycles. The Kier molecular flexibility index (Phi) is 5.19. The third-order valence-electron chi connectivity index (χ3n) is 6.19. The average molecular weight is 370 g/mol. The van der Waals surface area contributed by atoms with Crippen LogP contribution in [0.1, 0.15) is 43.4 Å². The molecule has 2 fully saturated rings. The van der Waals surface area contributed by atoms with E-state index in [9.17, 15) is 4.79 Å². The van der Waals surface area contributed by atoms with E-state index in [1.54, 1.807) is 0 Å². The molecule has 0 unspecified atom stereocenters. The monoisotopic (exact) mass is 370 g/mol. The first-order valence-electron chi connectivity index (χ1n) is 10.1. The molecule has 1 amide bonds. The number of carbonyl (C=O) groups is 1. The molecule has 2 aliphatic heterocycles. The molecule has 0 radical (unpaired) electrons. The quantitative estimate of drug-likeness (QED) is 0.877. The van der Waals surface area contributed by atoms with Crippen molar-refractivity contribution in [2.45, 2.75) is 45.6 Å². The molecule has 1 spiro atoms. The maximum atomic E-state index is 12.2. The van der Waals surface area contributed by atoms with Crippen LogP contribution in [0.2, 0.25) is 0 Å². The molecule has 0 aromatic carbocycles. The van der Waals surface area contributed by atoms with E-state index < -0.39 is 0 Å². The topological polar surface area (TPSA) is 61.1 Å². The van der Waals surface area contributed by atoms with Gasteiger partial charge in [-0.15, -0.1) is 0 Å². The van der Waals surface area contributed by atoms with Crippen LogP contribution in [0.15, 0.2) is 24.5 Å². The van der Waals surface area contributed by atoms with Crippen LogP contribution in [-0.2, 0) is 11.3 Å². The number of nitrogens with zero attached hydrogens (tertiary/aromatic N) is 4. The second-order valence-electron chi connectivity index (χ2n) is 8.36. The van der Waals surface area contributed by atoms with Crippen molar-refractivity contribution >= 4 is 11.6 Å². The van der Waals surface area contributed by atoms with E-state index in [4.69, 9.17) is 10.1 Å². The van der Waals surface area contributed by atoms with Gasteiger partial charge in [0.25, 0.3) is 0 Å². The molecule has 27 heavy (non-hydrogen) atoms. The zero-order chi connectivity index (χ0) is 18.9. The molecule has 1 atom stereocenters. The Hall–Kier alpha value is -1.92. The lowest BCUT2D eigenvalue weighted by Crippen LogP contribution is -2.54. The molecule has 2 aliphatic rings. The number of carbonyl (C=O) groups excluding carboxylic acids is 1. The van der Waals surface area contributed by atoms with Gasteiger partial charge < -0.3 is 14.4 Å². The lowest BCUT2D eigenvalue weighted by molar-refractivity contribution is -0.139. The number of pyridine rings is 1. The normalized spacial score (nSPS) is 24.2. The number of rotatable bonds is 5. The Bertz CT molecular complexity index is 818. The lowest BCUT2D eigenvalue weighted by Gasteiger charge is -2.48. The molecule has 4 heterocycles. The van der Waals surface area contributed by atoms with Gasteiger partial charge >= 0.3 is 0 Å². The molecular formula is C21H30N4O2. The first-order chi connectivity index (χ1) is 13.1. The summed E-state index contributed by atoms with van der Waals surface area (Å²) in [6, 6.07) is 4.16. The molecule has 2 saturated heterocycles. The Labute approximate surface area is 160 Å². The van der Waals surface area contributed by atoms with Crippen LogP contribution in [-0.4, -0.2) is 63.0 Å². The number of aliphatic hydroxyl groups is 1. The predicted octanol–water partition coefficient (Wildman–Crippen LogP) is 2.23. The Morgan fingerprint density at radius 2 is 2.19 bits per heavy atom. The van der Waals surface area contributed by atoms with Crippen LogP contribution in [0, 0.1) is 12.3 Å². The van der Waals surface area contributed by atoms with Gasteiger partial charge in [0, 0.05) is 57.0 Å². The van der Waals surface area contributed by atoms with E-state index in [1.807, 2.05) is 4.90 Å². The maximum absolute atomic E-state index is 12.2. The number of hydrogen-bond donors (Lipinski definition) is 1. The van der Waals surface area contributed by atoms with Crippen LogP contribution in [0.25, 0.3) is 5.65 Å². The van der Waals surface area contributed by atoms with Crippen LogP contribution < -0.4 is 0 Å². The van der Waals surface area contributed by atoms with Crippen LogP contribution in [0.4, 0.5) is 0 Å². The highest BCUT2D eigenvalue weighted by Gasteiger charge is 2.41. The van der Waals surface area contributed by atoms with Crippen LogP contribution in [0.5, 0.6) is 0 Å². The molecule has 0 saturated carbocycles. The van der Waals surface area contributed by atoms with Gasteiger partial charge in [0.2, 0.25) is 5.91 Å². The van der Waals surface area contributed by atoms with Gasteiger partial charge in [0.1, 0.15) is 5.65 Å². The van der Waals surface area contributed by atoms with E-state index in [0.717, 1.165) is 43.9 Å². The highest BCUT2D eigenvalue weighted by Crippen LogP contribution is 2.39. The number of aryl methyl sites for hydroxylation is 1. The number of likely N-dealkylation sites (tertiary alicyclic amines) is 2. The summed E-state index contributed by atoms with van der Waals surface area (Å²) in [5.74, 6) is 0.252. The van der Waals surface area contributed by atoms with E-state index in [2.05, 4.69) is 40.8 Å². The highest BCUT2D eigenvalue weighted by molar-refractivity contribution is 5.77. The molecule has 2 aromatic heterocycles. The summed E-state index contributed by atoms with van der Waals surface area (Å²) in [5.41, 5.74) is 3.56. The fourth-order valence-corrected chi connectivity index (χ4v) is 4.86. The summed E-state index contributed by atoms with van der Waals surface area (Å²) in [7, 11) is 0. The molecule has 2 aromatic rings. The van der Waals surface area contributed by atoms with Gasteiger partial charge in [-0.1, -0.05) is 6.07 Å². The third-order valence-corrected chi connectivity index (χ3v) is 6.19. The summed E-state index contributed by atoms with van der Waals surface area (Å²) in [6.07, 6.45) is 8.87. The van der Waals surface area contributed by atoms with E-state index in [0.29, 0.717) is 19.4 Å². The number of imidazole rings is 1. The number of aromatic nitrogens is 2. The highest BCUT2D eigenvalue weighted by atomic mass is 16.3. The smallest absolute Gasteiger partial charge is 0.222 e. The zero-order valence-corrected chi connectivity index (χ0v) is 16.2. The molecule has 6 heteroatoms. The summed E-state index contributed by atoms with van der Waals surface area (Å²) in [5, 5.41) is 9.12. The minimum absolute atomic E-state index is 0.149. The summed E-state index contributed by atoms with van der Waals surface area (Å²) >= 11 is 0. The van der Waals surface area contributed by atoms with E-state index in [-0.39, 0.29) is 17.9 Å². The number of amides is 1. The van der Waals surface area contributed by atoms with Crippen molar-refractivity contribution in [1.82, 2.24) is 19.2 Å². The molecule has 6 nitrogen and oxygen atoms in total. The molecule has 0 bridgehead atoms. The maximum Gasteiger partial charge on any atom is 0.222 e. The Morgan fingerprint density at radius 3 is 3.00 bits per heavy atom. The van der Waals surface area contributed by atoms with Crippen molar-refractivity contribution in [3.05, 3.63) is 35.8 Å². The number of hydrogen-bond acceptors (Lipinski definition) is 4. The fourth-order valence-electron chi connectivity index (χ4n) is 4.86. The van der Waals surface area contributed by atoms with Crippen LogP contribution in [0.3, 0.4) is 0 Å². The summed E-state index contributed by atoms with van der Waals surface area (Å²) < 4.78 is 2.11. The fraction of sp³-hybridized carbons (Fsp3) is 0.619. The van der Waals surface area contributed by atoms with Gasteiger partial charge in [0.15, 0.2) is 0 Å². The largest absolute Gasteiger partial charge is 0.396 e. The van der Waals surface area contributed by atoms with Gasteiger partial charge in [0.05, 0.1) is 5.69 Å². The average Bonchev–Trinajstić information content (AvgIpc) is 3.07. The third kappa shape index (κ3) is 3.87. The molecular weight excluding hydrogens is 340 g/mol. The predicted molar refractivity (Wildman–Crippen MR) is 104 cm³/mol. The van der Waals surface area contributed by atoms with Crippen LogP contribution >= 0.6 is 0 Å². The Balaban J connectivity index is 1.45. The van der Waals surface area contributed by atoms with Gasteiger partial charge in [-0.05, 0) is 50.8 Å². The number of fused-ring (bicyclic) bond motifs is 1. The van der Waals surface area contributed by atoms with E-state index >= 15 is 0 Å². The van der Waals surface area contributed by atoms with Gasteiger partial charge in [-0.3, -0.25) is 9.69 Å². The van der Waals surface area contributed by atoms with Crippen molar-refractivity contribution in [2.24, 2.45) is 5.41 Å². The standard InChI is InChI=1S/C21H30N4O2/c1-17-5-2-10-24-14-18(22-20(17)24)13-23-9-3-7-21(15-23)8-6-19(27)25(16-21)11-4-12-26/h2,5,10,14,26H,3-4,6-9,11-13,15-16H2,1H3/t21-/m1/s1. The van der Waals surface area contributed by atoms with Gasteiger partial charge in [-0.2, -0.15) is 0 Å². The first-order valence-corrected chi connectivity index (χ1v) is 10.1. The summed E-state index contributed by atoms with van der Waals surface area (Å²) in [6.45, 7) is 6.77. The van der Waals surface area contributed by atoms with Crippen molar-refractivity contribution in [3.63, 3.8) is 0 Å². The SMILES string of the molecule is Cc1cccn2cc(CN3CCC[C@@]4(CCC(=O)N(CCCO)C4)C3)nc12. The Morgan fingerprint density at radius 1 is 1.30 bits per heavy atom. The van der Waals surface area contributed by atoms with Crippen molar-refractivity contribution in [2.75, 3.05) is 32.8 Å². The minimum Gasteiger partial charge on any atom is -0.396 e.